The summed E-state index contributed by atoms with van der Waals surface area (Å²) in [5, 5.41) is 4.82. The van der Waals surface area contributed by atoms with Crippen LogP contribution in [0.4, 0.5) is 23.2 Å². The van der Waals surface area contributed by atoms with Gasteiger partial charge in [0.1, 0.15) is 12.4 Å². The van der Waals surface area contributed by atoms with Crippen LogP contribution in [0.15, 0.2) is 40.9 Å². The first-order valence-corrected chi connectivity index (χ1v) is 8.08. The molecule has 2 aromatic rings. The van der Waals surface area contributed by atoms with E-state index >= 15 is 0 Å². The number of rotatable bonds is 5. The first kappa shape index (κ1) is 19.2. The second-order valence-corrected chi connectivity index (χ2v) is 6.33. The second kappa shape index (κ2) is 7.86. The molecule has 0 saturated carbocycles. The van der Waals surface area contributed by atoms with Gasteiger partial charge in [-0.3, -0.25) is 4.79 Å². The molecule has 2 rings (SSSR count). The molecule has 0 unspecified atom stereocenters. The summed E-state index contributed by atoms with van der Waals surface area (Å²) in [5.74, 6) is -1.21. The van der Waals surface area contributed by atoms with Crippen LogP contribution in [0.1, 0.15) is 21.5 Å². The summed E-state index contributed by atoms with van der Waals surface area (Å²) in [6.45, 7) is 0.553. The van der Waals surface area contributed by atoms with Crippen molar-refractivity contribution in [1.82, 2.24) is 5.32 Å². The molecule has 0 fully saturated rings. The Bertz CT molecular complexity index is 778. The Morgan fingerprint density at radius 3 is 2.52 bits per heavy atom. The number of benzene rings is 2. The maximum Gasteiger partial charge on any atom is 0.405 e. The summed E-state index contributed by atoms with van der Waals surface area (Å²) in [5.41, 5.74) is 1.84. The molecule has 2 N–H and O–H groups in total. The van der Waals surface area contributed by atoms with Gasteiger partial charge in [-0.05, 0) is 36.8 Å². The lowest BCUT2D eigenvalue weighted by Gasteiger charge is -2.13. The molecular weight excluding hydrogens is 404 g/mol. The third kappa shape index (κ3) is 5.74. The second-order valence-electron chi connectivity index (χ2n) is 5.42. The fourth-order valence-electron chi connectivity index (χ4n) is 2.09. The number of alkyl halides is 3. The predicted molar refractivity (Wildman–Crippen MR) is 91.0 cm³/mol. The number of anilines is 1. The number of amides is 1. The van der Waals surface area contributed by atoms with Crippen LogP contribution in [-0.2, 0) is 6.54 Å². The molecule has 0 aliphatic carbocycles. The van der Waals surface area contributed by atoms with Gasteiger partial charge in [0.05, 0.1) is 0 Å². The number of carbonyl (C=O) groups excluding carboxylic acids is 1. The van der Waals surface area contributed by atoms with Crippen LogP contribution in [0.5, 0.6) is 0 Å². The van der Waals surface area contributed by atoms with E-state index in [0.29, 0.717) is 15.7 Å². The number of nitrogens with one attached hydrogen (secondary N) is 2. The summed E-state index contributed by atoms with van der Waals surface area (Å²) in [4.78, 5) is 11.8. The Balaban J connectivity index is 2.09. The summed E-state index contributed by atoms with van der Waals surface area (Å²) in [6, 6.07) is 9.15. The van der Waals surface area contributed by atoms with E-state index < -0.39 is 24.4 Å². The molecule has 0 atom stereocenters. The highest BCUT2D eigenvalue weighted by atomic mass is 79.9. The zero-order valence-electron chi connectivity index (χ0n) is 13.2. The van der Waals surface area contributed by atoms with E-state index in [1.54, 1.807) is 25.1 Å². The maximum absolute atomic E-state index is 13.8. The fraction of sp³-hybridized carbons (Fsp3) is 0.235. The predicted octanol–water partition coefficient (Wildman–Crippen LogP) is 4.80. The molecule has 0 spiro atoms. The molecule has 8 heteroatoms. The van der Waals surface area contributed by atoms with Crippen molar-refractivity contribution in [3.8, 4) is 0 Å². The zero-order valence-corrected chi connectivity index (χ0v) is 14.8. The van der Waals surface area contributed by atoms with Crippen LogP contribution in [0.2, 0.25) is 0 Å². The van der Waals surface area contributed by atoms with Gasteiger partial charge in [0, 0.05) is 27.8 Å². The molecule has 2 aromatic carbocycles. The highest BCUT2D eigenvalue weighted by Gasteiger charge is 2.27. The fourth-order valence-corrected chi connectivity index (χ4v) is 2.42. The third-order valence-electron chi connectivity index (χ3n) is 3.43. The van der Waals surface area contributed by atoms with Crippen LogP contribution in [0.3, 0.4) is 0 Å². The minimum absolute atomic E-state index is 0.0913. The maximum atomic E-state index is 13.8. The molecule has 3 nitrogen and oxygen atoms in total. The van der Waals surface area contributed by atoms with Crippen molar-refractivity contribution in [2.45, 2.75) is 19.6 Å². The van der Waals surface area contributed by atoms with Gasteiger partial charge >= 0.3 is 6.18 Å². The van der Waals surface area contributed by atoms with E-state index in [0.717, 1.165) is 5.56 Å². The molecule has 134 valence electrons. The van der Waals surface area contributed by atoms with E-state index in [1.807, 2.05) is 5.32 Å². The van der Waals surface area contributed by atoms with Crippen LogP contribution in [-0.4, -0.2) is 18.6 Å². The first-order valence-electron chi connectivity index (χ1n) is 7.29. The number of aryl methyl sites for hydroxylation is 1. The highest BCUT2D eigenvalue weighted by molar-refractivity contribution is 9.10. The number of hydrogen-bond acceptors (Lipinski definition) is 2. The van der Waals surface area contributed by atoms with Crippen molar-refractivity contribution in [3.63, 3.8) is 0 Å². The van der Waals surface area contributed by atoms with Crippen molar-refractivity contribution < 1.29 is 22.4 Å². The lowest BCUT2D eigenvalue weighted by Crippen LogP contribution is -2.33. The Labute approximate surface area is 150 Å². The molecule has 0 bridgehead atoms. The summed E-state index contributed by atoms with van der Waals surface area (Å²) in [7, 11) is 0. The van der Waals surface area contributed by atoms with E-state index in [4.69, 9.17) is 0 Å². The molecule has 25 heavy (non-hydrogen) atoms. The van der Waals surface area contributed by atoms with Gasteiger partial charge in [0.15, 0.2) is 0 Å². The quantitative estimate of drug-likeness (QED) is 0.684. The molecule has 1 amide bonds. The molecule has 0 aromatic heterocycles. The Hall–Kier alpha value is -2.09. The van der Waals surface area contributed by atoms with Crippen molar-refractivity contribution in [3.05, 3.63) is 63.4 Å². The van der Waals surface area contributed by atoms with Crippen LogP contribution < -0.4 is 10.6 Å². The number of halogens is 5. The molecular formula is C17H15BrF4N2O. The minimum Gasteiger partial charge on any atom is -0.381 e. The molecule has 0 radical (unpaired) electrons. The van der Waals surface area contributed by atoms with Crippen molar-refractivity contribution in [2.24, 2.45) is 0 Å². The van der Waals surface area contributed by atoms with E-state index in [1.165, 1.54) is 18.2 Å². The standard InChI is InChI=1S/C17H15BrF4N2O/c1-10-2-3-11(16(25)24-9-17(20,21)22)6-15(10)23-8-12-4-5-13(18)7-14(12)19/h2-7,23H,8-9H2,1H3,(H,24,25). The van der Waals surface area contributed by atoms with Crippen molar-refractivity contribution in [2.75, 3.05) is 11.9 Å². The minimum atomic E-state index is -4.47. The Morgan fingerprint density at radius 1 is 1.16 bits per heavy atom. The van der Waals surface area contributed by atoms with Gasteiger partial charge in [-0.15, -0.1) is 0 Å². The monoisotopic (exact) mass is 418 g/mol. The van der Waals surface area contributed by atoms with Crippen LogP contribution >= 0.6 is 15.9 Å². The topological polar surface area (TPSA) is 41.1 Å². The Kier molecular flexibility index (Phi) is 6.05. The van der Waals surface area contributed by atoms with E-state index in [9.17, 15) is 22.4 Å². The molecule has 0 aliphatic heterocycles. The number of carbonyl (C=O) groups is 1. The van der Waals surface area contributed by atoms with Gasteiger partial charge in [-0.25, -0.2) is 4.39 Å². The summed E-state index contributed by atoms with van der Waals surface area (Å²) in [6.07, 6.45) is -4.47. The average Bonchev–Trinajstić information content (AvgIpc) is 2.52. The first-order chi connectivity index (χ1) is 11.7. The van der Waals surface area contributed by atoms with Gasteiger partial charge in [-0.2, -0.15) is 13.2 Å². The Morgan fingerprint density at radius 2 is 1.88 bits per heavy atom. The van der Waals surface area contributed by atoms with Crippen LogP contribution in [0, 0.1) is 12.7 Å². The average molecular weight is 419 g/mol. The molecule has 0 aliphatic rings. The van der Waals surface area contributed by atoms with Crippen molar-refractivity contribution in [1.29, 1.82) is 0 Å². The SMILES string of the molecule is Cc1ccc(C(=O)NCC(F)(F)F)cc1NCc1ccc(Br)cc1F. The highest BCUT2D eigenvalue weighted by Crippen LogP contribution is 2.21. The largest absolute Gasteiger partial charge is 0.405 e. The smallest absolute Gasteiger partial charge is 0.381 e. The normalized spacial score (nSPS) is 11.3. The van der Waals surface area contributed by atoms with Gasteiger partial charge in [-0.1, -0.05) is 28.1 Å². The van der Waals surface area contributed by atoms with Gasteiger partial charge < -0.3 is 10.6 Å². The number of hydrogen-bond donors (Lipinski definition) is 2. The summed E-state index contributed by atoms with van der Waals surface area (Å²) < 4.78 is 51.0. The lowest BCUT2D eigenvalue weighted by molar-refractivity contribution is -0.123. The molecule has 0 heterocycles. The molecule has 0 saturated heterocycles. The van der Waals surface area contributed by atoms with E-state index in [-0.39, 0.29) is 12.1 Å². The zero-order chi connectivity index (χ0) is 18.6. The lowest BCUT2D eigenvalue weighted by atomic mass is 10.1. The third-order valence-corrected chi connectivity index (χ3v) is 3.93. The van der Waals surface area contributed by atoms with Crippen LogP contribution in [0.25, 0.3) is 0 Å². The van der Waals surface area contributed by atoms with E-state index in [2.05, 4.69) is 21.2 Å². The van der Waals surface area contributed by atoms with Gasteiger partial charge in [0.25, 0.3) is 5.91 Å². The van der Waals surface area contributed by atoms with Gasteiger partial charge in [0.2, 0.25) is 0 Å². The van der Waals surface area contributed by atoms with Crippen molar-refractivity contribution >= 4 is 27.5 Å². The summed E-state index contributed by atoms with van der Waals surface area (Å²) >= 11 is 3.17.